The maximum Gasteiger partial charge on any atom is 0.353 e. The average Bonchev–Trinajstić information content (AvgIpc) is 3.28. The van der Waals surface area contributed by atoms with Crippen molar-refractivity contribution in [2.75, 3.05) is 27.7 Å². The van der Waals surface area contributed by atoms with Crippen molar-refractivity contribution >= 4 is 41.4 Å². The van der Waals surface area contributed by atoms with E-state index in [4.69, 9.17) is 0 Å². The Morgan fingerprint density at radius 3 is 2.47 bits per heavy atom. The molecule has 0 aromatic heterocycles. The number of fused-ring (bicyclic) bond motifs is 1. The van der Waals surface area contributed by atoms with Crippen LogP contribution < -0.4 is 16.0 Å². The summed E-state index contributed by atoms with van der Waals surface area (Å²) < 4.78 is 0. The third-order valence-electron chi connectivity index (χ3n) is 6.25. The molecule has 12 heteroatoms. The van der Waals surface area contributed by atoms with Crippen LogP contribution in [0.2, 0.25) is 0 Å². The Morgan fingerprint density at radius 2 is 1.91 bits per heavy atom. The highest BCUT2D eigenvalue weighted by Crippen LogP contribution is 2.51. The number of nitrogens with zero attached hydrogens (tertiary/aromatic N) is 2. The fourth-order valence-corrected chi connectivity index (χ4v) is 6.12. The molecule has 3 aliphatic rings. The van der Waals surface area contributed by atoms with E-state index in [9.17, 15) is 29.1 Å². The first kappa shape index (κ1) is 24.1. The van der Waals surface area contributed by atoms with Gasteiger partial charge in [0, 0.05) is 49.8 Å². The SMILES string of the molecule is CNC(=O)C(=O)NC(C)[C@H]1C(=O)N2C(C(=O)O)=C(S[C@@H]3CN[C@H](C(=O)N(C)C)C3)[C@H](C)[C@H]12. The monoisotopic (exact) mass is 467 g/mol. The Morgan fingerprint density at radius 1 is 1.25 bits per heavy atom. The van der Waals surface area contributed by atoms with E-state index in [-0.39, 0.29) is 34.7 Å². The van der Waals surface area contributed by atoms with Gasteiger partial charge in [-0.2, -0.15) is 0 Å². The number of hydrogen-bond acceptors (Lipinski definition) is 7. The summed E-state index contributed by atoms with van der Waals surface area (Å²) in [5.74, 6) is -4.12. The molecule has 4 N–H and O–H groups in total. The molecular formula is C20H29N5O6S. The van der Waals surface area contributed by atoms with Gasteiger partial charge in [0.2, 0.25) is 11.8 Å². The molecule has 11 nitrogen and oxygen atoms in total. The number of carbonyl (C=O) groups is 5. The number of thioether (sulfide) groups is 1. The number of carboxylic acid groups (broad SMARTS) is 1. The van der Waals surface area contributed by atoms with E-state index in [0.29, 0.717) is 17.9 Å². The molecule has 0 bridgehead atoms. The molecule has 0 saturated carbocycles. The summed E-state index contributed by atoms with van der Waals surface area (Å²) in [6.07, 6.45) is 0.561. The van der Waals surface area contributed by atoms with Crippen LogP contribution in [0.4, 0.5) is 0 Å². The molecule has 32 heavy (non-hydrogen) atoms. The maximum atomic E-state index is 12.9. The lowest BCUT2D eigenvalue weighted by molar-refractivity contribution is -0.159. The highest BCUT2D eigenvalue weighted by Gasteiger charge is 2.60. The van der Waals surface area contributed by atoms with Crippen LogP contribution in [0.1, 0.15) is 20.3 Å². The van der Waals surface area contributed by atoms with Crippen LogP contribution in [0.5, 0.6) is 0 Å². The van der Waals surface area contributed by atoms with Crippen LogP contribution in [0.25, 0.3) is 0 Å². The zero-order valence-electron chi connectivity index (χ0n) is 18.7. The first-order valence-corrected chi connectivity index (χ1v) is 11.3. The Balaban J connectivity index is 1.75. The van der Waals surface area contributed by atoms with Gasteiger partial charge in [-0.1, -0.05) is 6.92 Å². The molecule has 2 fully saturated rings. The van der Waals surface area contributed by atoms with Crippen molar-refractivity contribution in [3.05, 3.63) is 10.6 Å². The lowest BCUT2D eigenvalue weighted by Crippen LogP contribution is -2.66. The molecule has 4 amide bonds. The Labute approximate surface area is 190 Å². The zero-order valence-corrected chi connectivity index (χ0v) is 19.5. The molecule has 176 valence electrons. The standard InChI is InChI=1S/C20H29N5O6S/c1-8-13-12(9(2)23-17(27)16(26)21-3)19(29)25(13)14(20(30)31)15(8)32-10-6-11(22-7-10)18(28)24(4)5/h8-13,22H,6-7H2,1-5H3,(H,21,26)(H,23,27)(H,30,31)/t8-,9?,10+,11+,12-,13-/m1/s1. The summed E-state index contributed by atoms with van der Waals surface area (Å²) >= 11 is 1.40. The van der Waals surface area contributed by atoms with Crippen molar-refractivity contribution in [2.45, 2.75) is 43.6 Å². The van der Waals surface area contributed by atoms with Crippen molar-refractivity contribution in [3.63, 3.8) is 0 Å². The Bertz CT molecular complexity index is 890. The number of aliphatic carboxylic acids is 1. The highest BCUT2D eigenvalue weighted by molar-refractivity contribution is 8.03. The van der Waals surface area contributed by atoms with Gasteiger partial charge < -0.3 is 30.9 Å². The quantitative estimate of drug-likeness (QED) is 0.274. The average molecular weight is 468 g/mol. The van der Waals surface area contributed by atoms with Crippen LogP contribution in [-0.2, 0) is 24.0 Å². The number of hydrogen-bond donors (Lipinski definition) is 4. The fraction of sp³-hybridized carbons (Fsp3) is 0.650. The van der Waals surface area contributed by atoms with Gasteiger partial charge in [-0.15, -0.1) is 11.8 Å². The van der Waals surface area contributed by atoms with Crippen LogP contribution in [0.3, 0.4) is 0 Å². The molecule has 0 aromatic rings. The number of carbonyl (C=O) groups excluding carboxylic acids is 4. The lowest BCUT2D eigenvalue weighted by Gasteiger charge is -2.47. The van der Waals surface area contributed by atoms with Crippen molar-refractivity contribution in [3.8, 4) is 0 Å². The lowest BCUT2D eigenvalue weighted by atomic mass is 9.78. The van der Waals surface area contributed by atoms with E-state index in [2.05, 4.69) is 16.0 Å². The third-order valence-corrected chi connectivity index (χ3v) is 7.76. The minimum absolute atomic E-state index is 0.00618. The topological polar surface area (TPSA) is 148 Å². The van der Waals surface area contributed by atoms with Gasteiger partial charge >= 0.3 is 17.8 Å². The van der Waals surface area contributed by atoms with Gasteiger partial charge in [-0.3, -0.25) is 19.2 Å². The minimum Gasteiger partial charge on any atom is -0.477 e. The molecule has 0 aliphatic carbocycles. The molecule has 1 unspecified atom stereocenters. The van der Waals surface area contributed by atoms with E-state index < -0.39 is 35.8 Å². The van der Waals surface area contributed by atoms with E-state index in [1.807, 2.05) is 6.92 Å². The number of nitrogens with one attached hydrogen (secondary N) is 3. The van der Waals surface area contributed by atoms with Crippen molar-refractivity contribution in [2.24, 2.45) is 11.8 Å². The third kappa shape index (κ3) is 4.08. The van der Waals surface area contributed by atoms with Gasteiger partial charge in [-0.25, -0.2) is 4.79 Å². The van der Waals surface area contributed by atoms with Crippen molar-refractivity contribution < 1.29 is 29.1 Å². The fourth-order valence-electron chi connectivity index (χ4n) is 4.64. The second-order valence-corrected chi connectivity index (χ2v) is 9.88. The first-order valence-electron chi connectivity index (χ1n) is 10.4. The molecule has 0 aromatic carbocycles. The van der Waals surface area contributed by atoms with E-state index in [1.54, 1.807) is 21.0 Å². The predicted molar refractivity (Wildman–Crippen MR) is 116 cm³/mol. The first-order chi connectivity index (χ1) is 15.0. The summed E-state index contributed by atoms with van der Waals surface area (Å²) in [5.41, 5.74) is -0.0269. The second-order valence-electron chi connectivity index (χ2n) is 8.54. The minimum atomic E-state index is -1.18. The molecule has 6 atom stereocenters. The molecule has 3 heterocycles. The van der Waals surface area contributed by atoms with Gasteiger partial charge in [0.1, 0.15) is 5.70 Å². The molecule has 2 saturated heterocycles. The van der Waals surface area contributed by atoms with Crippen LogP contribution in [-0.4, -0.2) is 95.6 Å². The summed E-state index contributed by atoms with van der Waals surface area (Å²) in [5, 5.41) is 17.8. The predicted octanol–water partition coefficient (Wildman–Crippen LogP) is -1.44. The summed E-state index contributed by atoms with van der Waals surface area (Å²) in [6, 6.07) is -1.37. The normalized spacial score (nSPS) is 29.8. The van der Waals surface area contributed by atoms with Crippen LogP contribution in [0.15, 0.2) is 10.6 Å². The number of carboxylic acids is 1. The molecular weight excluding hydrogens is 438 g/mol. The molecule has 0 spiro atoms. The maximum absolute atomic E-state index is 12.9. The van der Waals surface area contributed by atoms with Crippen molar-refractivity contribution in [1.29, 1.82) is 0 Å². The van der Waals surface area contributed by atoms with E-state index in [0.717, 1.165) is 0 Å². The van der Waals surface area contributed by atoms with E-state index in [1.165, 1.54) is 28.6 Å². The molecule has 0 radical (unpaired) electrons. The second kappa shape index (κ2) is 9.10. The van der Waals surface area contributed by atoms with Crippen LogP contribution >= 0.6 is 11.8 Å². The zero-order chi connectivity index (χ0) is 23.9. The number of rotatable bonds is 6. The summed E-state index contributed by atoms with van der Waals surface area (Å²) in [4.78, 5) is 64.0. The van der Waals surface area contributed by atoms with E-state index >= 15 is 0 Å². The Kier molecular flexibility index (Phi) is 6.84. The van der Waals surface area contributed by atoms with Crippen molar-refractivity contribution in [1.82, 2.24) is 25.8 Å². The number of amides is 4. The van der Waals surface area contributed by atoms with Gasteiger partial charge in [-0.05, 0) is 13.3 Å². The molecule has 3 rings (SSSR count). The number of β-lactam (4-membered cyclic amide) rings is 1. The molecule has 3 aliphatic heterocycles. The van der Waals surface area contributed by atoms with Gasteiger partial charge in [0.25, 0.3) is 0 Å². The summed E-state index contributed by atoms with van der Waals surface area (Å²) in [7, 11) is 4.72. The smallest absolute Gasteiger partial charge is 0.353 e. The Hall–Kier alpha value is -2.60. The number of likely N-dealkylation sites (N-methyl/N-ethyl adjacent to an activating group) is 2. The van der Waals surface area contributed by atoms with Gasteiger partial charge in [0.05, 0.1) is 18.0 Å². The summed E-state index contributed by atoms with van der Waals surface area (Å²) in [6.45, 7) is 4.06. The highest BCUT2D eigenvalue weighted by atomic mass is 32.2. The largest absolute Gasteiger partial charge is 0.477 e. The van der Waals surface area contributed by atoms with Gasteiger partial charge in [0.15, 0.2) is 0 Å². The van der Waals surface area contributed by atoms with Crippen LogP contribution in [0, 0.1) is 11.8 Å².